The molecule has 1 fully saturated rings. The second-order valence-electron chi connectivity index (χ2n) is 8.84. The van der Waals surface area contributed by atoms with E-state index in [2.05, 4.69) is 5.32 Å². The van der Waals surface area contributed by atoms with Gasteiger partial charge in [0.2, 0.25) is 5.91 Å². The number of anilines is 1. The molecule has 0 aromatic heterocycles. The molecule has 2 N–H and O–H groups in total. The van der Waals surface area contributed by atoms with Gasteiger partial charge in [-0.3, -0.25) is 9.59 Å². The first-order valence-corrected chi connectivity index (χ1v) is 11.9. The van der Waals surface area contributed by atoms with Gasteiger partial charge < -0.3 is 24.6 Å². The lowest BCUT2D eigenvalue weighted by Gasteiger charge is -2.22. The zero-order valence-corrected chi connectivity index (χ0v) is 20.9. The Balaban J connectivity index is 1.99. The molecule has 0 aliphatic heterocycles. The fourth-order valence-electron chi connectivity index (χ4n) is 4.37. The third-order valence-corrected chi connectivity index (χ3v) is 6.53. The van der Waals surface area contributed by atoms with Gasteiger partial charge in [0.15, 0.2) is 11.6 Å². The monoisotopic (exact) mass is 487 g/mol. The number of ether oxygens (including phenoxy) is 3. The summed E-state index contributed by atoms with van der Waals surface area (Å²) < 4.78 is 32.1. The van der Waals surface area contributed by atoms with Crippen LogP contribution in [0.2, 0.25) is 0 Å². The molecular formula is C27H34FNO6. The second-order valence-corrected chi connectivity index (χ2v) is 8.84. The third kappa shape index (κ3) is 5.93. The average molecular weight is 488 g/mol. The second kappa shape index (κ2) is 11.5. The SMILES string of the molecule is CCC(C(=O)O)C(CC)C(=O)Nc1ccc(-c2cc(OC)c(C)c(OC)c2F)c(COC2CC2)c1. The molecule has 8 heteroatoms. The van der Waals surface area contributed by atoms with Crippen molar-refractivity contribution >= 4 is 17.6 Å². The molecule has 190 valence electrons. The van der Waals surface area contributed by atoms with Gasteiger partial charge >= 0.3 is 5.97 Å². The maximum Gasteiger partial charge on any atom is 0.307 e. The summed E-state index contributed by atoms with van der Waals surface area (Å²) in [6.07, 6.45) is 2.91. The van der Waals surface area contributed by atoms with Gasteiger partial charge in [-0.1, -0.05) is 19.9 Å². The zero-order valence-electron chi connectivity index (χ0n) is 20.9. The summed E-state index contributed by atoms with van der Waals surface area (Å²) in [7, 11) is 2.93. The largest absolute Gasteiger partial charge is 0.496 e. The van der Waals surface area contributed by atoms with Crippen LogP contribution in [-0.2, 0) is 20.9 Å². The number of hydrogen-bond donors (Lipinski definition) is 2. The van der Waals surface area contributed by atoms with E-state index in [9.17, 15) is 14.7 Å². The molecule has 2 atom stereocenters. The van der Waals surface area contributed by atoms with E-state index < -0.39 is 23.6 Å². The molecule has 0 spiro atoms. The van der Waals surface area contributed by atoms with E-state index in [1.54, 1.807) is 45.0 Å². The summed E-state index contributed by atoms with van der Waals surface area (Å²) in [6.45, 7) is 5.53. The third-order valence-electron chi connectivity index (χ3n) is 6.53. The van der Waals surface area contributed by atoms with Crippen LogP contribution < -0.4 is 14.8 Å². The number of carbonyl (C=O) groups is 2. The minimum atomic E-state index is -0.985. The predicted molar refractivity (Wildman–Crippen MR) is 131 cm³/mol. The quantitative estimate of drug-likeness (QED) is 0.406. The molecule has 1 amide bonds. The molecule has 35 heavy (non-hydrogen) atoms. The highest BCUT2D eigenvalue weighted by atomic mass is 19.1. The number of carboxylic acids is 1. The first kappa shape index (κ1) is 26.5. The van der Waals surface area contributed by atoms with Crippen LogP contribution in [0, 0.1) is 24.6 Å². The van der Waals surface area contributed by atoms with Crippen molar-refractivity contribution in [1.29, 1.82) is 0 Å². The van der Waals surface area contributed by atoms with Gasteiger partial charge in [-0.15, -0.1) is 0 Å². The lowest BCUT2D eigenvalue weighted by atomic mass is 9.87. The summed E-state index contributed by atoms with van der Waals surface area (Å²) >= 11 is 0. The van der Waals surface area contributed by atoms with Gasteiger partial charge in [-0.25, -0.2) is 4.39 Å². The Morgan fingerprint density at radius 1 is 1.09 bits per heavy atom. The van der Waals surface area contributed by atoms with Crippen molar-refractivity contribution in [3.63, 3.8) is 0 Å². The number of carbonyl (C=O) groups excluding carboxylic acids is 1. The van der Waals surface area contributed by atoms with Crippen LogP contribution in [0.25, 0.3) is 11.1 Å². The van der Waals surface area contributed by atoms with Gasteiger partial charge in [0.1, 0.15) is 5.75 Å². The van der Waals surface area contributed by atoms with E-state index in [0.29, 0.717) is 46.5 Å². The molecule has 0 bridgehead atoms. The number of aliphatic carboxylic acids is 1. The van der Waals surface area contributed by atoms with E-state index >= 15 is 4.39 Å². The van der Waals surface area contributed by atoms with Gasteiger partial charge in [0.25, 0.3) is 0 Å². The highest BCUT2D eigenvalue weighted by Gasteiger charge is 2.31. The van der Waals surface area contributed by atoms with E-state index in [4.69, 9.17) is 14.2 Å². The summed E-state index contributed by atoms with van der Waals surface area (Å²) in [4.78, 5) is 24.6. The van der Waals surface area contributed by atoms with E-state index in [0.717, 1.165) is 12.8 Å². The topological polar surface area (TPSA) is 94.1 Å². The van der Waals surface area contributed by atoms with Gasteiger partial charge in [0, 0.05) is 16.8 Å². The zero-order chi connectivity index (χ0) is 25.7. The summed E-state index contributed by atoms with van der Waals surface area (Å²) in [6, 6.07) is 6.79. The van der Waals surface area contributed by atoms with E-state index in [-0.39, 0.29) is 24.4 Å². The van der Waals surface area contributed by atoms with Crippen molar-refractivity contribution in [3.05, 3.63) is 41.2 Å². The number of amides is 1. The van der Waals surface area contributed by atoms with Crippen LogP contribution in [0.4, 0.5) is 10.1 Å². The van der Waals surface area contributed by atoms with Crippen molar-refractivity contribution in [2.24, 2.45) is 11.8 Å². The van der Waals surface area contributed by atoms with Crippen LogP contribution >= 0.6 is 0 Å². The Labute approximate surface area is 205 Å². The molecular weight excluding hydrogens is 453 g/mol. The predicted octanol–water partition coefficient (Wildman–Crippen LogP) is 5.57. The smallest absolute Gasteiger partial charge is 0.307 e. The Bertz CT molecular complexity index is 1080. The first-order chi connectivity index (χ1) is 16.7. The Morgan fingerprint density at radius 2 is 1.77 bits per heavy atom. The Kier molecular flexibility index (Phi) is 8.72. The molecule has 7 nitrogen and oxygen atoms in total. The molecule has 1 saturated carbocycles. The number of rotatable bonds is 12. The van der Waals surface area contributed by atoms with Crippen LogP contribution in [0.1, 0.15) is 50.7 Å². The number of nitrogens with one attached hydrogen (secondary N) is 1. The maximum atomic E-state index is 15.4. The summed E-state index contributed by atoms with van der Waals surface area (Å²) in [5.74, 6) is -2.67. The fraction of sp³-hybridized carbons (Fsp3) is 0.481. The van der Waals surface area contributed by atoms with Crippen molar-refractivity contribution in [1.82, 2.24) is 0 Å². The molecule has 1 aliphatic carbocycles. The van der Waals surface area contributed by atoms with Crippen LogP contribution in [0.15, 0.2) is 24.3 Å². The maximum absolute atomic E-state index is 15.4. The van der Waals surface area contributed by atoms with Gasteiger partial charge in [0.05, 0.1) is 38.8 Å². The lowest BCUT2D eigenvalue weighted by molar-refractivity contribution is -0.146. The van der Waals surface area contributed by atoms with E-state index in [1.165, 1.54) is 14.2 Å². The first-order valence-electron chi connectivity index (χ1n) is 11.9. The highest BCUT2D eigenvalue weighted by molar-refractivity contribution is 5.95. The molecule has 0 heterocycles. The van der Waals surface area contributed by atoms with Crippen LogP contribution in [0.3, 0.4) is 0 Å². The van der Waals surface area contributed by atoms with Crippen molar-refractivity contribution in [2.45, 2.75) is 59.2 Å². The number of carboxylic acid groups (broad SMARTS) is 1. The number of halogens is 1. The van der Waals surface area contributed by atoms with Gasteiger partial charge in [-0.05, 0) is 61.9 Å². The lowest BCUT2D eigenvalue weighted by Crippen LogP contribution is -2.33. The van der Waals surface area contributed by atoms with E-state index in [1.807, 2.05) is 0 Å². The molecule has 3 rings (SSSR count). The summed E-state index contributed by atoms with van der Waals surface area (Å²) in [5, 5.41) is 12.4. The molecule has 2 aromatic rings. The van der Waals surface area contributed by atoms with Gasteiger partial charge in [-0.2, -0.15) is 0 Å². The van der Waals surface area contributed by atoms with Crippen LogP contribution in [-0.4, -0.2) is 37.3 Å². The minimum absolute atomic E-state index is 0.107. The highest BCUT2D eigenvalue weighted by Crippen LogP contribution is 2.40. The fourth-order valence-corrected chi connectivity index (χ4v) is 4.37. The molecule has 2 aromatic carbocycles. The number of benzene rings is 2. The normalized spacial score (nSPS) is 14.8. The number of hydrogen-bond acceptors (Lipinski definition) is 5. The summed E-state index contributed by atoms with van der Waals surface area (Å²) in [5.41, 5.74) is 2.66. The van der Waals surface area contributed by atoms with Crippen molar-refractivity contribution in [3.8, 4) is 22.6 Å². The Hall–Kier alpha value is -3.13. The Morgan fingerprint density at radius 3 is 2.31 bits per heavy atom. The standard InChI is InChI=1S/C27H34FNO6/c1-6-19(20(7-2)27(31)32)26(30)29-17-8-11-21(16(12-17)14-35-18-9-10-18)22-13-23(33-4)15(3)25(34-5)24(22)28/h8,11-13,18-20H,6-7,9-10,14H2,1-5H3,(H,29,30)(H,31,32). The van der Waals surface area contributed by atoms with Crippen molar-refractivity contribution < 1.29 is 33.3 Å². The molecule has 0 radical (unpaired) electrons. The minimum Gasteiger partial charge on any atom is -0.496 e. The van der Waals surface area contributed by atoms with Crippen molar-refractivity contribution in [2.75, 3.05) is 19.5 Å². The average Bonchev–Trinajstić information content (AvgIpc) is 3.66. The number of methoxy groups -OCH3 is 2. The molecule has 0 saturated heterocycles. The molecule has 2 unspecified atom stereocenters. The molecule has 1 aliphatic rings. The van der Waals surface area contributed by atoms with Crippen LogP contribution in [0.5, 0.6) is 11.5 Å².